The van der Waals surface area contributed by atoms with Crippen LogP contribution < -0.4 is 9.47 Å². The Hall–Kier alpha value is -2.74. The first-order valence-electron chi connectivity index (χ1n) is 7.65. The van der Waals surface area contributed by atoms with Gasteiger partial charge in [0.1, 0.15) is 0 Å². The molecule has 0 bridgehead atoms. The van der Waals surface area contributed by atoms with Gasteiger partial charge in [0.25, 0.3) is 0 Å². The predicted octanol–water partition coefficient (Wildman–Crippen LogP) is 4.96. The fourth-order valence-corrected chi connectivity index (χ4v) is 2.67. The normalized spacial score (nSPS) is 10.3. The van der Waals surface area contributed by atoms with Crippen LogP contribution >= 0.6 is 0 Å². The average Bonchev–Trinajstić information content (AvgIpc) is 2.63. The molecule has 0 saturated heterocycles. The Morgan fingerprint density at radius 3 is 1.87 bits per heavy atom. The van der Waals surface area contributed by atoms with Gasteiger partial charge in [-0.2, -0.15) is 0 Å². The van der Waals surface area contributed by atoms with E-state index in [-0.39, 0.29) is 0 Å². The van der Waals surface area contributed by atoms with E-state index >= 15 is 0 Å². The van der Waals surface area contributed by atoms with Gasteiger partial charge in [-0.15, -0.1) is 0 Å². The van der Waals surface area contributed by atoms with Gasteiger partial charge in [-0.1, -0.05) is 60.7 Å². The lowest BCUT2D eigenvalue weighted by atomic mass is 10.0. The summed E-state index contributed by atoms with van der Waals surface area (Å²) in [6.45, 7) is 0. The summed E-state index contributed by atoms with van der Waals surface area (Å²) in [5, 5.41) is 0. The molecule has 0 heterocycles. The molecule has 0 aliphatic heterocycles. The molecule has 3 aromatic rings. The van der Waals surface area contributed by atoms with Crippen LogP contribution in [0.3, 0.4) is 0 Å². The number of benzene rings is 3. The van der Waals surface area contributed by atoms with Crippen molar-refractivity contribution in [2.75, 3.05) is 14.2 Å². The van der Waals surface area contributed by atoms with Crippen molar-refractivity contribution in [3.8, 4) is 22.6 Å². The summed E-state index contributed by atoms with van der Waals surface area (Å²) < 4.78 is 10.6. The quantitative estimate of drug-likeness (QED) is 0.663. The zero-order chi connectivity index (χ0) is 16.1. The van der Waals surface area contributed by atoms with E-state index in [2.05, 4.69) is 54.6 Å². The lowest BCUT2D eigenvalue weighted by molar-refractivity contribution is 0.354. The summed E-state index contributed by atoms with van der Waals surface area (Å²) in [5.41, 5.74) is 4.96. The van der Waals surface area contributed by atoms with E-state index in [0.29, 0.717) is 0 Å². The van der Waals surface area contributed by atoms with Crippen molar-refractivity contribution in [1.82, 2.24) is 0 Å². The van der Waals surface area contributed by atoms with Crippen molar-refractivity contribution < 1.29 is 9.47 Å². The van der Waals surface area contributed by atoms with Gasteiger partial charge in [0.15, 0.2) is 11.5 Å². The molecule has 0 amide bonds. The zero-order valence-electron chi connectivity index (χ0n) is 13.5. The maximum atomic E-state index is 5.37. The van der Waals surface area contributed by atoms with Crippen LogP contribution in [0.15, 0.2) is 72.8 Å². The summed E-state index contributed by atoms with van der Waals surface area (Å²) in [7, 11) is 3.32. The monoisotopic (exact) mass is 304 g/mol. The van der Waals surface area contributed by atoms with Crippen LogP contribution in [0.1, 0.15) is 11.1 Å². The van der Waals surface area contributed by atoms with Crippen LogP contribution in [0.4, 0.5) is 0 Å². The largest absolute Gasteiger partial charge is 0.493 e. The molecule has 0 spiro atoms. The SMILES string of the molecule is COc1ccc(Cc2ccc(-c3ccccc3)cc2)cc1OC. The Morgan fingerprint density at radius 2 is 1.22 bits per heavy atom. The van der Waals surface area contributed by atoms with Crippen molar-refractivity contribution in [3.05, 3.63) is 83.9 Å². The third-order valence-corrected chi connectivity index (χ3v) is 3.92. The molecule has 23 heavy (non-hydrogen) atoms. The van der Waals surface area contributed by atoms with Crippen LogP contribution in [0.25, 0.3) is 11.1 Å². The fraction of sp³-hybridized carbons (Fsp3) is 0.143. The first kappa shape index (κ1) is 15.2. The summed E-state index contributed by atoms with van der Waals surface area (Å²) in [6, 6.07) is 25.2. The summed E-state index contributed by atoms with van der Waals surface area (Å²) in [4.78, 5) is 0. The molecule has 0 fully saturated rings. The Labute approximate surface area is 137 Å². The molecule has 2 heteroatoms. The molecular formula is C21H20O2. The Bertz CT molecular complexity index is 762. The Balaban J connectivity index is 1.78. The van der Waals surface area contributed by atoms with Crippen molar-refractivity contribution in [3.63, 3.8) is 0 Å². The zero-order valence-corrected chi connectivity index (χ0v) is 13.5. The van der Waals surface area contributed by atoms with Crippen molar-refractivity contribution in [2.24, 2.45) is 0 Å². The highest BCUT2D eigenvalue weighted by Gasteiger charge is 2.05. The van der Waals surface area contributed by atoms with Gasteiger partial charge in [-0.25, -0.2) is 0 Å². The minimum atomic E-state index is 0.760. The van der Waals surface area contributed by atoms with E-state index in [1.165, 1.54) is 22.3 Å². The van der Waals surface area contributed by atoms with Crippen LogP contribution in [-0.2, 0) is 6.42 Å². The molecule has 0 unspecified atom stereocenters. The van der Waals surface area contributed by atoms with E-state index in [9.17, 15) is 0 Å². The van der Waals surface area contributed by atoms with Crippen LogP contribution in [0.2, 0.25) is 0 Å². The lowest BCUT2D eigenvalue weighted by Gasteiger charge is -2.10. The molecule has 0 aliphatic rings. The highest BCUT2D eigenvalue weighted by Crippen LogP contribution is 2.28. The highest BCUT2D eigenvalue weighted by atomic mass is 16.5. The minimum absolute atomic E-state index is 0.760. The second kappa shape index (κ2) is 7.01. The minimum Gasteiger partial charge on any atom is -0.493 e. The van der Waals surface area contributed by atoms with E-state index in [1.807, 2.05) is 18.2 Å². The van der Waals surface area contributed by atoms with Gasteiger partial charge < -0.3 is 9.47 Å². The predicted molar refractivity (Wildman–Crippen MR) is 94.2 cm³/mol. The Kier molecular flexibility index (Phi) is 4.62. The molecule has 3 rings (SSSR count). The number of methoxy groups -OCH3 is 2. The molecule has 2 nitrogen and oxygen atoms in total. The van der Waals surface area contributed by atoms with Crippen LogP contribution in [0, 0.1) is 0 Å². The molecule has 0 aliphatic carbocycles. The molecule has 0 aromatic heterocycles. The van der Waals surface area contributed by atoms with Crippen LogP contribution in [-0.4, -0.2) is 14.2 Å². The van der Waals surface area contributed by atoms with Crippen molar-refractivity contribution >= 4 is 0 Å². The van der Waals surface area contributed by atoms with E-state index < -0.39 is 0 Å². The second-order valence-electron chi connectivity index (χ2n) is 5.43. The third-order valence-electron chi connectivity index (χ3n) is 3.92. The summed E-state index contributed by atoms with van der Waals surface area (Å²) in [5.74, 6) is 1.53. The Morgan fingerprint density at radius 1 is 0.609 bits per heavy atom. The van der Waals surface area contributed by atoms with Gasteiger partial charge in [0.05, 0.1) is 14.2 Å². The van der Waals surface area contributed by atoms with Crippen molar-refractivity contribution in [2.45, 2.75) is 6.42 Å². The molecule has 0 saturated carbocycles. The molecular weight excluding hydrogens is 284 g/mol. The topological polar surface area (TPSA) is 18.5 Å². The number of ether oxygens (including phenoxy) is 2. The van der Waals surface area contributed by atoms with Gasteiger partial charge >= 0.3 is 0 Å². The standard InChI is InChI=1S/C21H20O2/c1-22-20-13-10-17(15-21(20)23-2)14-16-8-11-19(12-9-16)18-6-4-3-5-7-18/h3-13,15H,14H2,1-2H3. The number of hydrogen-bond acceptors (Lipinski definition) is 2. The van der Waals surface area contributed by atoms with E-state index in [1.54, 1.807) is 14.2 Å². The molecule has 3 aromatic carbocycles. The van der Waals surface area contributed by atoms with Gasteiger partial charge in [-0.3, -0.25) is 0 Å². The molecule has 116 valence electrons. The molecule has 0 radical (unpaired) electrons. The van der Waals surface area contributed by atoms with Crippen LogP contribution in [0.5, 0.6) is 11.5 Å². The maximum absolute atomic E-state index is 5.37. The van der Waals surface area contributed by atoms with Crippen molar-refractivity contribution in [1.29, 1.82) is 0 Å². The van der Waals surface area contributed by atoms with Gasteiger partial charge in [0.2, 0.25) is 0 Å². The average molecular weight is 304 g/mol. The lowest BCUT2D eigenvalue weighted by Crippen LogP contribution is -1.94. The van der Waals surface area contributed by atoms with Gasteiger partial charge in [0, 0.05) is 0 Å². The van der Waals surface area contributed by atoms with E-state index in [4.69, 9.17) is 9.47 Å². The fourth-order valence-electron chi connectivity index (χ4n) is 2.67. The molecule has 0 N–H and O–H groups in total. The van der Waals surface area contributed by atoms with E-state index in [0.717, 1.165) is 17.9 Å². The maximum Gasteiger partial charge on any atom is 0.160 e. The molecule has 0 atom stereocenters. The first-order valence-corrected chi connectivity index (χ1v) is 7.65. The smallest absolute Gasteiger partial charge is 0.160 e. The second-order valence-corrected chi connectivity index (χ2v) is 5.43. The summed E-state index contributed by atoms with van der Waals surface area (Å²) >= 11 is 0. The number of hydrogen-bond donors (Lipinski definition) is 0. The first-order chi connectivity index (χ1) is 11.3. The highest BCUT2D eigenvalue weighted by molar-refractivity contribution is 5.63. The third kappa shape index (κ3) is 3.54. The van der Waals surface area contributed by atoms with Gasteiger partial charge in [-0.05, 0) is 40.8 Å². The number of rotatable bonds is 5. The summed E-state index contributed by atoms with van der Waals surface area (Å²) in [6.07, 6.45) is 0.870.